The topological polar surface area (TPSA) is 30.7 Å². The molecule has 0 spiro atoms. The third-order valence-corrected chi connectivity index (χ3v) is 9.30. The van der Waals surface area contributed by atoms with Gasteiger partial charge in [0.15, 0.2) is 0 Å². The van der Waals surface area contributed by atoms with E-state index in [1.807, 2.05) is 11.3 Å². The lowest BCUT2D eigenvalue weighted by molar-refractivity contribution is 1.18. The van der Waals surface area contributed by atoms with Crippen molar-refractivity contribution in [1.29, 1.82) is 0 Å². The van der Waals surface area contributed by atoms with Gasteiger partial charge in [-0.1, -0.05) is 78.9 Å². The first-order valence-electron chi connectivity index (χ1n) is 13.4. The van der Waals surface area contributed by atoms with E-state index in [4.69, 9.17) is 0 Å². The van der Waals surface area contributed by atoms with Crippen molar-refractivity contribution in [3.05, 3.63) is 128 Å². The van der Waals surface area contributed by atoms with Gasteiger partial charge in [-0.05, 0) is 58.3 Å². The summed E-state index contributed by atoms with van der Waals surface area (Å²) in [7, 11) is 0. The Morgan fingerprint density at radius 1 is 0.550 bits per heavy atom. The molecule has 0 aliphatic carbocycles. The molecule has 0 saturated heterocycles. The summed E-state index contributed by atoms with van der Waals surface area (Å²) in [5.41, 5.74) is 7.74. The zero-order valence-corrected chi connectivity index (χ0v) is 22.2. The molecule has 186 valence electrons. The Hall–Kier alpha value is -5.06. The fraction of sp³-hybridized carbons (Fsp3) is 0. The third kappa shape index (κ3) is 3.05. The summed E-state index contributed by atoms with van der Waals surface area (Å²) < 4.78 is 5.04. The summed E-state index contributed by atoms with van der Waals surface area (Å²) in [6.45, 7) is 0. The standard InChI is InChI=1S/C36H21N3S/c1-2-7-25-22(6-1)13-17-32-35(25)29-15-12-23(26-9-5-10-28-27-8-3-4-11-34(27)40-36(26)28)20-33(29)39(32)24-14-16-30-31(21-24)38-19-18-37-30/h1-21H. The first-order chi connectivity index (χ1) is 19.8. The van der Waals surface area contributed by atoms with E-state index in [1.165, 1.54) is 63.9 Å². The largest absolute Gasteiger partial charge is 0.309 e. The van der Waals surface area contributed by atoms with E-state index in [1.54, 1.807) is 12.4 Å². The lowest BCUT2D eigenvalue weighted by atomic mass is 10.00. The second kappa shape index (κ2) is 8.22. The van der Waals surface area contributed by atoms with Gasteiger partial charge in [-0.3, -0.25) is 9.97 Å². The molecule has 0 unspecified atom stereocenters. The summed E-state index contributed by atoms with van der Waals surface area (Å²) in [6.07, 6.45) is 3.50. The minimum absolute atomic E-state index is 0.891. The van der Waals surface area contributed by atoms with Crippen molar-refractivity contribution >= 4 is 75.1 Å². The Labute approximate surface area is 233 Å². The Kier molecular flexibility index (Phi) is 4.48. The normalized spacial score (nSPS) is 12.0. The molecular weight excluding hydrogens is 506 g/mol. The van der Waals surface area contributed by atoms with Gasteiger partial charge < -0.3 is 4.57 Å². The molecule has 9 rings (SSSR count). The van der Waals surface area contributed by atoms with Gasteiger partial charge in [0, 0.05) is 49.0 Å². The molecule has 6 aromatic carbocycles. The number of thiophene rings is 1. The molecule has 0 amide bonds. The van der Waals surface area contributed by atoms with E-state index < -0.39 is 0 Å². The molecular formula is C36H21N3S. The van der Waals surface area contributed by atoms with Crippen LogP contribution in [0.2, 0.25) is 0 Å². The molecule has 0 atom stereocenters. The molecule has 9 aromatic rings. The van der Waals surface area contributed by atoms with Crippen LogP contribution >= 0.6 is 11.3 Å². The van der Waals surface area contributed by atoms with Gasteiger partial charge in [-0.25, -0.2) is 0 Å². The van der Waals surface area contributed by atoms with Gasteiger partial charge in [0.05, 0.1) is 22.1 Å². The maximum atomic E-state index is 4.61. The molecule has 0 radical (unpaired) electrons. The molecule has 0 aliphatic rings. The molecule has 4 heteroatoms. The molecule has 0 bridgehead atoms. The molecule has 0 N–H and O–H groups in total. The van der Waals surface area contributed by atoms with Crippen molar-refractivity contribution in [2.75, 3.05) is 0 Å². The van der Waals surface area contributed by atoms with Crippen LogP contribution in [0.3, 0.4) is 0 Å². The Morgan fingerprint density at radius 2 is 1.38 bits per heavy atom. The number of rotatable bonds is 2. The van der Waals surface area contributed by atoms with Gasteiger partial charge in [-0.15, -0.1) is 11.3 Å². The van der Waals surface area contributed by atoms with Crippen molar-refractivity contribution in [1.82, 2.24) is 14.5 Å². The Bertz CT molecular complexity index is 2450. The molecule has 3 nitrogen and oxygen atoms in total. The zero-order chi connectivity index (χ0) is 26.2. The van der Waals surface area contributed by atoms with Crippen LogP contribution in [0.25, 0.3) is 80.6 Å². The first kappa shape index (κ1) is 21.8. The fourth-order valence-electron chi connectivity index (χ4n) is 6.30. The second-order valence-electron chi connectivity index (χ2n) is 10.3. The van der Waals surface area contributed by atoms with Crippen molar-refractivity contribution in [3.63, 3.8) is 0 Å². The number of nitrogens with zero attached hydrogens (tertiary/aromatic N) is 3. The van der Waals surface area contributed by atoms with Gasteiger partial charge in [0.2, 0.25) is 0 Å². The SMILES string of the molecule is c1ccc2c(c1)ccc1c2c2ccc(-c3cccc4c3sc3ccccc34)cc2n1-c1ccc2nccnc2c1. The van der Waals surface area contributed by atoms with Crippen LogP contribution in [0.15, 0.2) is 128 Å². The minimum Gasteiger partial charge on any atom is -0.309 e. The summed E-state index contributed by atoms with van der Waals surface area (Å²) >= 11 is 1.88. The Morgan fingerprint density at radius 3 is 2.33 bits per heavy atom. The quantitative estimate of drug-likeness (QED) is 0.224. The lowest BCUT2D eigenvalue weighted by Crippen LogP contribution is -1.95. The van der Waals surface area contributed by atoms with Crippen LogP contribution < -0.4 is 0 Å². The predicted molar refractivity (Wildman–Crippen MR) is 170 cm³/mol. The molecule has 0 fully saturated rings. The molecule has 0 aliphatic heterocycles. The third-order valence-electron chi connectivity index (χ3n) is 8.08. The maximum absolute atomic E-state index is 4.61. The maximum Gasteiger partial charge on any atom is 0.0907 e. The van der Waals surface area contributed by atoms with E-state index >= 15 is 0 Å². The summed E-state index contributed by atoms with van der Waals surface area (Å²) in [5.74, 6) is 0. The van der Waals surface area contributed by atoms with Crippen molar-refractivity contribution in [3.8, 4) is 16.8 Å². The summed E-state index contributed by atoms with van der Waals surface area (Å²) in [4.78, 5) is 9.11. The van der Waals surface area contributed by atoms with Crippen LogP contribution in [-0.4, -0.2) is 14.5 Å². The van der Waals surface area contributed by atoms with Crippen LogP contribution in [0.4, 0.5) is 0 Å². The van der Waals surface area contributed by atoms with Crippen molar-refractivity contribution in [2.24, 2.45) is 0 Å². The monoisotopic (exact) mass is 527 g/mol. The molecule has 40 heavy (non-hydrogen) atoms. The van der Waals surface area contributed by atoms with E-state index in [0.717, 1.165) is 16.7 Å². The number of hydrogen-bond acceptors (Lipinski definition) is 3. The van der Waals surface area contributed by atoms with Crippen LogP contribution in [0.5, 0.6) is 0 Å². The van der Waals surface area contributed by atoms with E-state index in [0.29, 0.717) is 0 Å². The van der Waals surface area contributed by atoms with Gasteiger partial charge in [0.25, 0.3) is 0 Å². The number of aromatic nitrogens is 3. The van der Waals surface area contributed by atoms with Gasteiger partial charge >= 0.3 is 0 Å². The smallest absolute Gasteiger partial charge is 0.0907 e. The van der Waals surface area contributed by atoms with E-state index in [2.05, 4.69) is 130 Å². The van der Waals surface area contributed by atoms with Crippen molar-refractivity contribution in [2.45, 2.75) is 0 Å². The summed E-state index contributed by atoms with van der Waals surface area (Å²) in [6, 6.07) is 41.9. The number of benzene rings is 6. The van der Waals surface area contributed by atoms with Crippen LogP contribution in [0.1, 0.15) is 0 Å². The van der Waals surface area contributed by atoms with Crippen molar-refractivity contribution < 1.29 is 0 Å². The zero-order valence-electron chi connectivity index (χ0n) is 21.4. The highest BCUT2D eigenvalue weighted by Gasteiger charge is 2.17. The van der Waals surface area contributed by atoms with Gasteiger partial charge in [-0.2, -0.15) is 0 Å². The van der Waals surface area contributed by atoms with E-state index in [9.17, 15) is 0 Å². The molecule has 0 saturated carbocycles. The average Bonchev–Trinajstić information content (AvgIpc) is 3.56. The van der Waals surface area contributed by atoms with Gasteiger partial charge in [0.1, 0.15) is 0 Å². The second-order valence-corrected chi connectivity index (χ2v) is 11.3. The van der Waals surface area contributed by atoms with Crippen LogP contribution in [0, 0.1) is 0 Å². The lowest BCUT2D eigenvalue weighted by Gasteiger charge is -2.10. The Balaban J connectivity index is 1.39. The average molecular weight is 528 g/mol. The van der Waals surface area contributed by atoms with Crippen LogP contribution in [-0.2, 0) is 0 Å². The van der Waals surface area contributed by atoms with E-state index in [-0.39, 0.29) is 0 Å². The molecule has 3 aromatic heterocycles. The first-order valence-corrected chi connectivity index (χ1v) is 14.2. The predicted octanol–water partition coefficient (Wildman–Crippen LogP) is 9.91. The number of hydrogen-bond donors (Lipinski definition) is 0. The number of fused-ring (bicyclic) bond motifs is 9. The molecule has 3 heterocycles. The highest BCUT2D eigenvalue weighted by molar-refractivity contribution is 7.26. The summed E-state index contributed by atoms with van der Waals surface area (Å²) in [5, 5.41) is 7.68. The minimum atomic E-state index is 0.891. The highest BCUT2D eigenvalue weighted by atomic mass is 32.1. The highest BCUT2D eigenvalue weighted by Crippen LogP contribution is 2.42. The fourth-order valence-corrected chi connectivity index (χ4v) is 7.54.